The van der Waals surface area contributed by atoms with Crippen LogP contribution < -0.4 is 16.4 Å². The highest BCUT2D eigenvalue weighted by Crippen LogP contribution is 2.54. The molecule has 7 rings (SSSR count). The summed E-state index contributed by atoms with van der Waals surface area (Å²) in [6.07, 6.45) is -10.7. The maximum absolute atomic E-state index is 15.9. The van der Waals surface area contributed by atoms with E-state index in [2.05, 4.69) is 30.6 Å². The maximum atomic E-state index is 15.9. The first-order valence-corrected chi connectivity index (χ1v) is 17.2. The number of amides is 1. The number of imidazole rings is 1. The van der Waals surface area contributed by atoms with E-state index in [9.17, 15) is 19.1 Å². The molecule has 24 heteroatoms. The zero-order valence-corrected chi connectivity index (χ0v) is 24.7. The van der Waals surface area contributed by atoms with Crippen LogP contribution in [0.2, 0.25) is 0 Å². The summed E-state index contributed by atoms with van der Waals surface area (Å²) >= 11 is 5.12. The van der Waals surface area contributed by atoms with Gasteiger partial charge in [-0.25, -0.2) is 28.3 Å². The van der Waals surface area contributed by atoms with E-state index in [1.165, 1.54) is 22.1 Å². The molecule has 0 radical (unpaired) electrons. The Balaban J connectivity index is 1.13. The molecule has 2 aromatic heterocycles. The molecule has 12 atom stereocenters. The zero-order chi connectivity index (χ0) is 31.0. The van der Waals surface area contributed by atoms with Gasteiger partial charge in [-0.05, 0) is 11.8 Å². The lowest BCUT2D eigenvalue weighted by Crippen LogP contribution is -2.63. The molecule has 7 heterocycles. The normalized spacial score (nSPS) is 44.5. The summed E-state index contributed by atoms with van der Waals surface area (Å²) in [5, 5.41) is 5.55. The summed E-state index contributed by atoms with van der Waals surface area (Å²) in [5.41, 5.74) is 6.07. The number of aliphatic imine (C=N–C) groups is 1. The Labute approximate surface area is 250 Å². The molecule has 0 spiro atoms. The average Bonchev–Trinajstić information content (AvgIpc) is 3.73. The molecule has 240 valence electrons. The van der Waals surface area contributed by atoms with Crippen LogP contribution in [0.1, 0.15) is 6.23 Å². The molecule has 4 saturated heterocycles. The number of nitrogens with zero attached hydrogens (tertiary/aromatic N) is 6. The van der Waals surface area contributed by atoms with Crippen molar-refractivity contribution >= 4 is 55.6 Å². The number of fused-ring (bicyclic) bond motifs is 4. The Morgan fingerprint density at radius 3 is 2.55 bits per heavy atom. The van der Waals surface area contributed by atoms with Crippen LogP contribution in [-0.2, 0) is 48.7 Å². The standard InChI is InChI=1S/C20H25F2N9O10P2S/c21-9-13-8(39-19(9)30-5-28-11-15(23)24-3-25-16(11)30)2-37-43(35,44)41-14-7(1-36-42(33,34)40-13)38-20(10(14)22)31-6-29-12-17(31)26-4-27-18(12)32/h3,5-10,12-14,17,19-20,26H,1-2,4H2,(H,27,32)(H,33,34)(H,35,44)(H2,23,24,25)/t7-,8-,9-,10-,12?,13-,14-,17?,19-,20-,43?/m1/s1. The summed E-state index contributed by atoms with van der Waals surface area (Å²) in [6.45, 7) is -5.70. The van der Waals surface area contributed by atoms with Crippen molar-refractivity contribution in [3.8, 4) is 0 Å². The summed E-state index contributed by atoms with van der Waals surface area (Å²) in [4.78, 5) is 50.9. The Morgan fingerprint density at radius 1 is 1.05 bits per heavy atom. The van der Waals surface area contributed by atoms with E-state index in [0.29, 0.717) is 0 Å². The third-order valence-electron chi connectivity index (χ3n) is 7.63. The Bertz CT molecular complexity index is 1590. The molecule has 5 aliphatic heterocycles. The van der Waals surface area contributed by atoms with Crippen LogP contribution in [0.4, 0.5) is 14.6 Å². The van der Waals surface area contributed by atoms with E-state index in [0.717, 1.165) is 6.33 Å². The van der Waals surface area contributed by atoms with Crippen LogP contribution in [0, 0.1) is 0 Å². The second-order valence-corrected chi connectivity index (χ2v) is 14.5. The van der Waals surface area contributed by atoms with E-state index in [1.807, 2.05) is 0 Å². The molecule has 19 nitrogen and oxygen atoms in total. The molecular formula is C20H25F2N9O10P2S. The van der Waals surface area contributed by atoms with Gasteiger partial charge in [-0.3, -0.25) is 33.2 Å². The van der Waals surface area contributed by atoms with Crippen molar-refractivity contribution < 1.29 is 55.5 Å². The molecule has 1 amide bonds. The number of anilines is 1. The number of nitrogens with two attached hydrogens (primary N) is 1. The van der Waals surface area contributed by atoms with E-state index >= 15 is 8.78 Å². The summed E-state index contributed by atoms with van der Waals surface area (Å²) in [6, 6.07) is -0.886. The Morgan fingerprint density at radius 2 is 1.75 bits per heavy atom. The van der Waals surface area contributed by atoms with Crippen molar-refractivity contribution in [3.05, 3.63) is 12.7 Å². The zero-order valence-electron chi connectivity index (χ0n) is 22.1. The minimum Gasteiger partial charge on any atom is -0.382 e. The van der Waals surface area contributed by atoms with Gasteiger partial charge in [0.1, 0.15) is 42.4 Å². The number of nitrogen functional groups attached to an aromatic ring is 1. The third-order valence-corrected chi connectivity index (χ3v) is 10.2. The smallest absolute Gasteiger partial charge is 0.382 e. The van der Waals surface area contributed by atoms with Crippen LogP contribution >= 0.6 is 14.5 Å². The van der Waals surface area contributed by atoms with Crippen LogP contribution in [0.25, 0.3) is 11.2 Å². The summed E-state index contributed by atoms with van der Waals surface area (Å²) in [5.74, 6) is -0.359. The number of phosphoric ester groups is 1. The molecule has 0 saturated carbocycles. The molecule has 44 heavy (non-hydrogen) atoms. The number of alkyl halides is 2. The quantitative estimate of drug-likeness (QED) is 0.228. The highest BCUT2D eigenvalue weighted by atomic mass is 32.5. The van der Waals surface area contributed by atoms with E-state index in [4.69, 9.17) is 45.1 Å². The van der Waals surface area contributed by atoms with Crippen molar-refractivity contribution in [1.82, 2.24) is 35.1 Å². The van der Waals surface area contributed by atoms with E-state index in [-0.39, 0.29) is 29.6 Å². The maximum Gasteiger partial charge on any atom is 0.472 e. The number of halogens is 2. The molecule has 5 aliphatic rings. The molecule has 4 fully saturated rings. The number of aromatic nitrogens is 4. The van der Waals surface area contributed by atoms with Gasteiger partial charge in [-0.2, -0.15) is 0 Å². The molecule has 4 unspecified atom stereocenters. The van der Waals surface area contributed by atoms with Gasteiger partial charge in [-0.1, -0.05) is 0 Å². The predicted molar refractivity (Wildman–Crippen MR) is 144 cm³/mol. The van der Waals surface area contributed by atoms with Crippen LogP contribution in [-0.4, -0.2) is 122 Å². The van der Waals surface area contributed by atoms with Crippen LogP contribution in [0.5, 0.6) is 0 Å². The number of nitrogens with one attached hydrogen (secondary N) is 2. The second kappa shape index (κ2) is 11.2. The lowest BCUT2D eigenvalue weighted by molar-refractivity contribution is -0.128. The van der Waals surface area contributed by atoms with Gasteiger partial charge >= 0.3 is 14.5 Å². The molecule has 0 aromatic carbocycles. The van der Waals surface area contributed by atoms with Gasteiger partial charge in [0.15, 0.2) is 42.3 Å². The van der Waals surface area contributed by atoms with E-state index in [1.54, 1.807) is 0 Å². The monoisotopic (exact) mass is 683 g/mol. The van der Waals surface area contributed by atoms with Crippen molar-refractivity contribution in [3.63, 3.8) is 0 Å². The number of ether oxygens (including phenoxy) is 2. The Hall–Kier alpha value is -2.33. The van der Waals surface area contributed by atoms with Crippen molar-refractivity contribution in [1.29, 1.82) is 0 Å². The first kappa shape index (κ1) is 30.3. The molecule has 0 aliphatic carbocycles. The van der Waals surface area contributed by atoms with Gasteiger partial charge in [0, 0.05) is 0 Å². The number of phosphoric acid groups is 1. The summed E-state index contributed by atoms with van der Waals surface area (Å²) < 4.78 is 78.8. The fraction of sp³-hybridized carbons (Fsp3) is 0.650. The predicted octanol–water partition coefficient (Wildman–Crippen LogP) is -1.44. The lowest BCUT2D eigenvalue weighted by Gasteiger charge is -2.35. The number of hydrogen-bond donors (Lipinski definition) is 5. The third kappa shape index (κ3) is 5.31. The second-order valence-electron chi connectivity index (χ2n) is 10.3. The Kier molecular flexibility index (Phi) is 7.71. The molecule has 0 bridgehead atoms. The number of hydrogen-bond acceptors (Lipinski definition) is 16. The van der Waals surface area contributed by atoms with Gasteiger partial charge in [0.25, 0.3) is 0 Å². The van der Waals surface area contributed by atoms with E-state index < -0.39 is 89.2 Å². The largest absolute Gasteiger partial charge is 0.472 e. The van der Waals surface area contributed by atoms with Crippen LogP contribution in [0.3, 0.4) is 0 Å². The first-order chi connectivity index (χ1) is 20.9. The fourth-order valence-electron chi connectivity index (χ4n) is 5.60. The fourth-order valence-corrected chi connectivity index (χ4v) is 7.99. The topological polar surface area (TPSA) is 239 Å². The summed E-state index contributed by atoms with van der Waals surface area (Å²) in [7, 11) is -5.07. The highest BCUT2D eigenvalue weighted by Gasteiger charge is 2.56. The van der Waals surface area contributed by atoms with Gasteiger partial charge in [0.05, 0.1) is 32.5 Å². The minimum absolute atomic E-state index is 0.0260. The average molecular weight is 683 g/mol. The van der Waals surface area contributed by atoms with Crippen LogP contribution in [0.15, 0.2) is 17.6 Å². The number of rotatable bonds is 2. The van der Waals surface area contributed by atoms with Crippen molar-refractivity contribution in [2.24, 2.45) is 4.99 Å². The molecule has 2 aromatic rings. The van der Waals surface area contributed by atoms with Crippen molar-refractivity contribution in [2.45, 2.75) is 61.4 Å². The van der Waals surface area contributed by atoms with Gasteiger partial charge in [0.2, 0.25) is 5.91 Å². The minimum atomic E-state index is -5.07. The SMILES string of the molecule is Nc1ncnc2c1ncn2[C@@H]1O[C@@H]2COP(O)(=S)O[C@H]3[C@@H](F)[C@H](N4C=NC5C(=O)NCNC54)O[C@@H]3COP(=O)(O)O[C@H]2[C@H]1F. The lowest BCUT2D eigenvalue weighted by atomic mass is 10.1. The van der Waals surface area contributed by atoms with Crippen molar-refractivity contribution in [2.75, 3.05) is 25.6 Å². The number of carbonyl (C=O) groups excluding carboxylic acids is 1. The number of carbonyl (C=O) groups is 1. The van der Waals surface area contributed by atoms with Gasteiger partial charge in [-0.15, -0.1) is 0 Å². The highest BCUT2D eigenvalue weighted by molar-refractivity contribution is 8.07. The van der Waals surface area contributed by atoms with Gasteiger partial charge < -0.3 is 39.7 Å². The molecule has 6 N–H and O–H groups in total. The molecular weight excluding hydrogens is 658 g/mol. The first-order valence-electron chi connectivity index (χ1n) is 13.1.